The Hall–Kier alpha value is -2.53. The molecule has 2 aromatic heterocycles. The maximum atomic E-state index is 13.3. The fourth-order valence-corrected chi connectivity index (χ4v) is 3.65. The van der Waals surface area contributed by atoms with Crippen molar-refractivity contribution in [2.75, 3.05) is 0 Å². The average Bonchev–Trinajstić information content (AvgIpc) is 2.97. The fraction of sp³-hybridized carbons (Fsp3) is 0.111. The molecule has 0 spiro atoms. The SMILES string of the molecule is Cc1cc2nc3sc(=Cc4cccc(F)c4)c(=O)n3c2cc1C. The summed E-state index contributed by atoms with van der Waals surface area (Å²) in [5.74, 6) is -0.316. The van der Waals surface area contributed by atoms with Crippen LogP contribution in [0, 0.1) is 19.7 Å². The van der Waals surface area contributed by atoms with E-state index >= 15 is 0 Å². The first-order valence-corrected chi connectivity index (χ1v) is 8.04. The molecule has 0 aliphatic heterocycles. The van der Waals surface area contributed by atoms with E-state index in [0.29, 0.717) is 15.1 Å². The van der Waals surface area contributed by atoms with Crippen molar-refractivity contribution in [2.45, 2.75) is 13.8 Å². The van der Waals surface area contributed by atoms with E-state index in [9.17, 15) is 9.18 Å². The van der Waals surface area contributed by atoms with Gasteiger partial charge in [-0.3, -0.25) is 4.79 Å². The lowest BCUT2D eigenvalue weighted by Crippen LogP contribution is -2.22. The normalized spacial score (nSPS) is 12.6. The standard InChI is InChI=1S/C18H13FN2OS/c1-10-6-14-15(7-11(10)2)21-17(22)16(23-18(21)20-14)9-12-4-3-5-13(19)8-12/h3-9H,1-2H3. The monoisotopic (exact) mass is 324 g/mol. The summed E-state index contributed by atoms with van der Waals surface area (Å²) in [6.45, 7) is 4.05. The Balaban J connectivity index is 2.02. The van der Waals surface area contributed by atoms with E-state index in [4.69, 9.17) is 0 Å². The lowest BCUT2D eigenvalue weighted by Gasteiger charge is -1.98. The summed E-state index contributed by atoms with van der Waals surface area (Å²) < 4.78 is 15.5. The number of rotatable bonds is 1. The first-order chi connectivity index (χ1) is 11.0. The number of hydrogen-bond donors (Lipinski definition) is 0. The maximum absolute atomic E-state index is 13.3. The second-order valence-electron chi connectivity index (χ2n) is 5.63. The second-order valence-corrected chi connectivity index (χ2v) is 6.63. The molecule has 2 heterocycles. The summed E-state index contributed by atoms with van der Waals surface area (Å²) in [6.07, 6.45) is 1.71. The van der Waals surface area contributed by atoms with E-state index in [-0.39, 0.29) is 11.4 Å². The molecule has 0 N–H and O–H groups in total. The third kappa shape index (κ3) is 2.24. The molecule has 23 heavy (non-hydrogen) atoms. The highest BCUT2D eigenvalue weighted by molar-refractivity contribution is 7.15. The molecule has 0 aliphatic carbocycles. The molecule has 0 aliphatic rings. The van der Waals surface area contributed by atoms with E-state index in [1.165, 1.54) is 23.5 Å². The molecule has 4 aromatic rings. The molecule has 0 radical (unpaired) electrons. The molecule has 4 rings (SSSR count). The van der Waals surface area contributed by atoms with Crippen molar-refractivity contribution < 1.29 is 4.39 Å². The summed E-state index contributed by atoms with van der Waals surface area (Å²) in [4.78, 5) is 17.9. The molecule has 0 atom stereocenters. The number of hydrogen-bond acceptors (Lipinski definition) is 3. The highest BCUT2D eigenvalue weighted by atomic mass is 32.1. The maximum Gasteiger partial charge on any atom is 0.274 e. The summed E-state index contributed by atoms with van der Waals surface area (Å²) in [5, 5.41) is 0. The van der Waals surface area contributed by atoms with Crippen molar-refractivity contribution in [3.05, 3.63) is 73.8 Å². The number of halogens is 1. The molecule has 0 bridgehead atoms. The molecule has 0 unspecified atom stereocenters. The Kier molecular flexibility index (Phi) is 3.06. The van der Waals surface area contributed by atoms with Crippen LogP contribution in [0.5, 0.6) is 0 Å². The summed E-state index contributed by atoms with van der Waals surface area (Å²) in [6, 6.07) is 10.2. The van der Waals surface area contributed by atoms with Crippen LogP contribution in [0.15, 0.2) is 41.2 Å². The third-order valence-electron chi connectivity index (χ3n) is 4.00. The van der Waals surface area contributed by atoms with Crippen LogP contribution in [0.4, 0.5) is 4.39 Å². The van der Waals surface area contributed by atoms with Gasteiger partial charge < -0.3 is 0 Å². The number of nitrogens with zero attached hydrogens (tertiary/aromatic N) is 2. The molecule has 3 nitrogen and oxygen atoms in total. The van der Waals surface area contributed by atoms with Crippen LogP contribution in [-0.4, -0.2) is 9.38 Å². The molecule has 0 amide bonds. The minimum atomic E-state index is -0.316. The number of aromatic nitrogens is 2. The first-order valence-electron chi connectivity index (χ1n) is 7.22. The van der Waals surface area contributed by atoms with Crippen LogP contribution in [-0.2, 0) is 0 Å². The van der Waals surface area contributed by atoms with E-state index in [0.717, 1.165) is 22.2 Å². The number of thiazole rings is 1. The van der Waals surface area contributed by atoms with Crippen molar-refractivity contribution in [3.63, 3.8) is 0 Å². The molecular formula is C18H13FN2OS. The molecule has 0 saturated carbocycles. The summed E-state index contributed by atoms with van der Waals surface area (Å²) >= 11 is 1.32. The first kappa shape index (κ1) is 14.1. The van der Waals surface area contributed by atoms with Gasteiger partial charge in [0.25, 0.3) is 5.56 Å². The van der Waals surface area contributed by atoms with E-state index in [2.05, 4.69) is 4.98 Å². The smallest absolute Gasteiger partial charge is 0.267 e. The van der Waals surface area contributed by atoms with Gasteiger partial charge in [-0.05, 0) is 60.9 Å². The van der Waals surface area contributed by atoms with Gasteiger partial charge in [0.05, 0.1) is 15.6 Å². The Morgan fingerprint density at radius 3 is 2.74 bits per heavy atom. The zero-order valence-electron chi connectivity index (χ0n) is 12.6. The Labute approximate surface area is 135 Å². The number of aryl methyl sites for hydroxylation is 2. The Morgan fingerprint density at radius 1 is 1.17 bits per heavy atom. The molecular weight excluding hydrogens is 311 g/mol. The topological polar surface area (TPSA) is 34.4 Å². The highest BCUT2D eigenvalue weighted by Gasteiger charge is 2.12. The van der Waals surface area contributed by atoms with Gasteiger partial charge in [-0.1, -0.05) is 23.5 Å². The van der Waals surface area contributed by atoms with Crippen LogP contribution in [0.25, 0.3) is 22.1 Å². The van der Waals surface area contributed by atoms with Crippen molar-refractivity contribution in [2.24, 2.45) is 0 Å². The summed E-state index contributed by atoms with van der Waals surface area (Å²) in [7, 11) is 0. The van der Waals surface area contributed by atoms with Gasteiger partial charge >= 0.3 is 0 Å². The highest BCUT2D eigenvalue weighted by Crippen LogP contribution is 2.20. The molecule has 114 valence electrons. The Bertz CT molecular complexity index is 1170. The van der Waals surface area contributed by atoms with Gasteiger partial charge in [0.2, 0.25) is 0 Å². The van der Waals surface area contributed by atoms with Gasteiger partial charge in [0, 0.05) is 0 Å². The molecule has 5 heteroatoms. The van der Waals surface area contributed by atoms with Crippen LogP contribution < -0.4 is 10.1 Å². The minimum absolute atomic E-state index is 0.111. The van der Waals surface area contributed by atoms with Crippen molar-refractivity contribution >= 4 is 33.4 Å². The average molecular weight is 324 g/mol. The van der Waals surface area contributed by atoms with Gasteiger partial charge in [-0.15, -0.1) is 0 Å². The van der Waals surface area contributed by atoms with Crippen LogP contribution in [0.3, 0.4) is 0 Å². The van der Waals surface area contributed by atoms with E-state index in [1.807, 2.05) is 26.0 Å². The molecule has 2 aromatic carbocycles. The minimum Gasteiger partial charge on any atom is -0.267 e. The van der Waals surface area contributed by atoms with E-state index < -0.39 is 0 Å². The van der Waals surface area contributed by atoms with E-state index in [1.54, 1.807) is 22.6 Å². The van der Waals surface area contributed by atoms with Crippen LogP contribution in [0.2, 0.25) is 0 Å². The molecule has 0 saturated heterocycles. The van der Waals surface area contributed by atoms with Crippen molar-refractivity contribution in [3.8, 4) is 0 Å². The summed E-state index contributed by atoms with van der Waals surface area (Å²) in [5.41, 5.74) is 4.49. The fourth-order valence-electron chi connectivity index (χ4n) is 2.67. The Morgan fingerprint density at radius 2 is 1.96 bits per heavy atom. The second kappa shape index (κ2) is 4.99. The predicted molar refractivity (Wildman–Crippen MR) is 91.5 cm³/mol. The largest absolute Gasteiger partial charge is 0.274 e. The zero-order chi connectivity index (χ0) is 16.1. The van der Waals surface area contributed by atoms with Crippen molar-refractivity contribution in [1.82, 2.24) is 9.38 Å². The zero-order valence-corrected chi connectivity index (χ0v) is 13.4. The van der Waals surface area contributed by atoms with Gasteiger partial charge in [-0.25, -0.2) is 13.8 Å². The van der Waals surface area contributed by atoms with Crippen molar-refractivity contribution in [1.29, 1.82) is 0 Å². The number of imidazole rings is 1. The lowest BCUT2D eigenvalue weighted by atomic mass is 10.1. The van der Waals surface area contributed by atoms with Crippen LogP contribution >= 0.6 is 11.3 Å². The number of fused-ring (bicyclic) bond motifs is 3. The quantitative estimate of drug-likeness (QED) is 0.539. The van der Waals surface area contributed by atoms with Gasteiger partial charge in [0.1, 0.15) is 5.82 Å². The third-order valence-corrected chi connectivity index (χ3v) is 4.97. The predicted octanol–water partition coefficient (Wildman–Crippen LogP) is 3.21. The van der Waals surface area contributed by atoms with Gasteiger partial charge in [0.15, 0.2) is 4.96 Å². The van der Waals surface area contributed by atoms with Crippen LogP contribution in [0.1, 0.15) is 16.7 Å². The lowest BCUT2D eigenvalue weighted by molar-refractivity contribution is 0.627. The molecule has 0 fully saturated rings. The number of benzene rings is 2. The van der Waals surface area contributed by atoms with Gasteiger partial charge in [-0.2, -0.15) is 0 Å².